The van der Waals surface area contributed by atoms with Crippen molar-refractivity contribution in [2.45, 2.75) is 38.8 Å². The molecule has 140 valence electrons. The van der Waals surface area contributed by atoms with Gasteiger partial charge in [0.2, 0.25) is 0 Å². The predicted molar refractivity (Wildman–Crippen MR) is 107 cm³/mol. The van der Waals surface area contributed by atoms with Crippen molar-refractivity contribution in [2.75, 3.05) is 25.1 Å². The second-order valence-corrected chi connectivity index (χ2v) is 8.17. The molecule has 0 bridgehead atoms. The Morgan fingerprint density at radius 1 is 1.50 bits per heavy atom. The van der Waals surface area contributed by atoms with E-state index in [0.29, 0.717) is 24.7 Å². The second-order valence-electron chi connectivity index (χ2n) is 5.91. The van der Waals surface area contributed by atoms with Gasteiger partial charge in [-0.05, 0) is 39.3 Å². The van der Waals surface area contributed by atoms with Crippen molar-refractivity contribution >= 4 is 39.8 Å². The molecule has 1 aromatic rings. The normalized spacial score (nSPS) is 16.0. The van der Waals surface area contributed by atoms with E-state index < -0.39 is 15.4 Å². The molecule has 0 aliphatic rings. The molecule has 24 heavy (non-hydrogen) atoms. The van der Waals surface area contributed by atoms with Crippen molar-refractivity contribution in [3.05, 3.63) is 24.2 Å². The van der Waals surface area contributed by atoms with Crippen LogP contribution in [0.25, 0.3) is 0 Å². The number of furan rings is 1. The zero-order valence-corrected chi connectivity index (χ0v) is 17.7. The fourth-order valence-electron chi connectivity index (χ4n) is 1.91. The van der Waals surface area contributed by atoms with Crippen LogP contribution in [-0.2, 0) is 15.4 Å². The number of aliphatic hydroxyl groups is 1. The summed E-state index contributed by atoms with van der Waals surface area (Å²) in [7, 11) is -2.99. The monoisotopic (exact) mass is 473 g/mol. The average molecular weight is 473 g/mol. The van der Waals surface area contributed by atoms with Crippen molar-refractivity contribution < 1.29 is 17.9 Å². The summed E-state index contributed by atoms with van der Waals surface area (Å²) in [5.74, 6) is 1.09. The lowest BCUT2D eigenvalue weighted by molar-refractivity contribution is 0.0437. The largest absolute Gasteiger partial charge is 0.466 e. The highest BCUT2D eigenvalue weighted by Crippen LogP contribution is 2.21. The molecular weight excluding hydrogens is 445 g/mol. The number of hydrogen-bond acceptors (Lipinski definition) is 5. The summed E-state index contributed by atoms with van der Waals surface area (Å²) in [6, 6.07) is 3.35. The van der Waals surface area contributed by atoms with Crippen LogP contribution in [-0.4, -0.2) is 50.6 Å². The fraction of sp³-hybridized carbons (Fsp3) is 0.667. The van der Waals surface area contributed by atoms with E-state index in [1.807, 2.05) is 13.8 Å². The maximum Gasteiger partial charge on any atom is 0.191 e. The Morgan fingerprint density at radius 3 is 2.67 bits per heavy atom. The van der Waals surface area contributed by atoms with Gasteiger partial charge < -0.3 is 20.2 Å². The van der Waals surface area contributed by atoms with Gasteiger partial charge in [-0.25, -0.2) is 13.4 Å². The number of nitrogens with one attached hydrogen (secondary N) is 2. The Labute approximate surface area is 161 Å². The highest BCUT2D eigenvalue weighted by molar-refractivity contribution is 14.0. The van der Waals surface area contributed by atoms with Gasteiger partial charge in [-0.1, -0.05) is 0 Å². The Kier molecular flexibility index (Phi) is 9.90. The van der Waals surface area contributed by atoms with E-state index in [-0.39, 0.29) is 42.3 Å². The summed E-state index contributed by atoms with van der Waals surface area (Å²) < 4.78 is 27.7. The Bertz CT molecular complexity index is 600. The van der Waals surface area contributed by atoms with E-state index in [9.17, 15) is 13.5 Å². The summed E-state index contributed by atoms with van der Waals surface area (Å²) in [5, 5.41) is 16.6. The van der Waals surface area contributed by atoms with E-state index in [2.05, 4.69) is 15.6 Å². The summed E-state index contributed by atoms with van der Waals surface area (Å²) in [4.78, 5) is 4.36. The van der Waals surface area contributed by atoms with E-state index in [4.69, 9.17) is 4.42 Å². The number of hydrogen-bond donors (Lipinski definition) is 3. The van der Waals surface area contributed by atoms with Gasteiger partial charge in [0.15, 0.2) is 5.96 Å². The van der Waals surface area contributed by atoms with E-state index in [1.165, 1.54) is 12.5 Å². The first-order chi connectivity index (χ1) is 10.6. The van der Waals surface area contributed by atoms with Crippen LogP contribution in [0.4, 0.5) is 0 Å². The minimum Gasteiger partial charge on any atom is -0.466 e. The zero-order valence-electron chi connectivity index (χ0n) is 14.6. The maximum absolute atomic E-state index is 11.2. The molecule has 0 aromatic carbocycles. The van der Waals surface area contributed by atoms with Crippen LogP contribution in [0, 0.1) is 0 Å². The van der Waals surface area contributed by atoms with Crippen molar-refractivity contribution in [3.8, 4) is 0 Å². The third-order valence-corrected chi connectivity index (χ3v) is 4.22. The number of halogens is 1. The van der Waals surface area contributed by atoms with Crippen LogP contribution in [0.3, 0.4) is 0 Å². The van der Waals surface area contributed by atoms with Gasteiger partial charge in [-0.2, -0.15) is 0 Å². The molecule has 2 unspecified atom stereocenters. The minimum absolute atomic E-state index is 0. The topological polar surface area (TPSA) is 104 Å². The lowest BCUT2D eigenvalue weighted by Crippen LogP contribution is -2.43. The highest BCUT2D eigenvalue weighted by Gasteiger charge is 2.26. The molecule has 0 aliphatic carbocycles. The molecule has 0 amide bonds. The van der Waals surface area contributed by atoms with Gasteiger partial charge in [-0.3, -0.25) is 0 Å². The highest BCUT2D eigenvalue weighted by atomic mass is 127. The number of sulfone groups is 1. The molecule has 0 aliphatic heterocycles. The molecule has 0 fully saturated rings. The second kappa shape index (κ2) is 10.2. The first-order valence-corrected chi connectivity index (χ1v) is 9.69. The van der Waals surface area contributed by atoms with E-state index in [1.54, 1.807) is 19.1 Å². The summed E-state index contributed by atoms with van der Waals surface area (Å²) in [5.41, 5.74) is -1.21. The third-order valence-electron chi connectivity index (χ3n) is 3.25. The third kappa shape index (κ3) is 8.88. The summed E-state index contributed by atoms with van der Waals surface area (Å²) >= 11 is 0. The molecule has 1 aromatic heterocycles. The van der Waals surface area contributed by atoms with Crippen molar-refractivity contribution in [1.29, 1.82) is 0 Å². The summed E-state index contributed by atoms with van der Waals surface area (Å²) in [6.07, 6.45) is 3.21. The molecule has 3 N–H and O–H groups in total. The van der Waals surface area contributed by atoms with Gasteiger partial charge in [0.1, 0.15) is 21.2 Å². The fourth-order valence-corrected chi connectivity index (χ4v) is 2.69. The van der Waals surface area contributed by atoms with E-state index in [0.717, 1.165) is 0 Å². The molecule has 0 spiro atoms. The molecule has 1 heterocycles. The quantitative estimate of drug-likeness (QED) is 0.300. The molecule has 7 nitrogen and oxygen atoms in total. The van der Waals surface area contributed by atoms with Crippen molar-refractivity contribution in [2.24, 2.45) is 4.99 Å². The maximum atomic E-state index is 11.2. The lowest BCUT2D eigenvalue weighted by Gasteiger charge is -2.21. The van der Waals surface area contributed by atoms with Gasteiger partial charge in [0.25, 0.3) is 0 Å². The van der Waals surface area contributed by atoms with Gasteiger partial charge >= 0.3 is 0 Å². The number of aliphatic imine (C=N–C) groups is 1. The molecular formula is C15H28IN3O4S. The van der Waals surface area contributed by atoms with E-state index >= 15 is 0 Å². The smallest absolute Gasteiger partial charge is 0.191 e. The zero-order chi connectivity index (χ0) is 17.5. The molecule has 2 atom stereocenters. The van der Waals surface area contributed by atoms with Gasteiger partial charge in [0.05, 0.1) is 18.6 Å². The van der Waals surface area contributed by atoms with Crippen LogP contribution in [0.5, 0.6) is 0 Å². The molecule has 0 radical (unpaired) electrons. The number of guanidine groups is 1. The van der Waals surface area contributed by atoms with Crippen LogP contribution in [0.1, 0.15) is 33.0 Å². The Hall–Kier alpha value is -0.810. The molecule has 1 rings (SSSR count). The predicted octanol–water partition coefficient (Wildman–Crippen LogP) is 1.48. The van der Waals surface area contributed by atoms with Crippen LogP contribution in [0.15, 0.2) is 27.8 Å². The Balaban J connectivity index is 0.00000529. The minimum atomic E-state index is -2.99. The molecule has 0 saturated carbocycles. The van der Waals surface area contributed by atoms with Crippen molar-refractivity contribution in [1.82, 2.24) is 10.6 Å². The SMILES string of the molecule is CCNC(=NCC(C)(O)c1ccco1)NC(C)CCS(C)(=O)=O.I. The lowest BCUT2D eigenvalue weighted by atomic mass is 10.0. The van der Waals surface area contributed by atoms with Crippen LogP contribution >= 0.6 is 24.0 Å². The first kappa shape index (κ1) is 23.2. The van der Waals surface area contributed by atoms with Crippen LogP contribution in [0.2, 0.25) is 0 Å². The van der Waals surface area contributed by atoms with Gasteiger partial charge in [-0.15, -0.1) is 24.0 Å². The average Bonchev–Trinajstić information content (AvgIpc) is 2.97. The molecule has 0 saturated heterocycles. The number of rotatable bonds is 8. The van der Waals surface area contributed by atoms with Gasteiger partial charge in [0, 0.05) is 18.8 Å². The van der Waals surface area contributed by atoms with Crippen molar-refractivity contribution in [3.63, 3.8) is 0 Å². The Morgan fingerprint density at radius 2 is 2.17 bits per heavy atom. The standard InChI is InChI=1S/C15H27N3O4S.HI/c1-5-16-14(18-12(2)8-10-23(4,20)21)17-11-15(3,19)13-7-6-9-22-13;/h6-7,9,12,19H,5,8,10-11H2,1-4H3,(H2,16,17,18);1H. The summed E-state index contributed by atoms with van der Waals surface area (Å²) in [6.45, 7) is 6.24. The molecule has 9 heteroatoms. The number of nitrogens with zero attached hydrogens (tertiary/aromatic N) is 1. The first-order valence-electron chi connectivity index (χ1n) is 7.63. The van der Waals surface area contributed by atoms with Crippen LogP contribution < -0.4 is 10.6 Å².